The number of aryl methyl sites for hydroxylation is 2. The Kier molecular flexibility index (Phi) is 5.27. The van der Waals surface area contributed by atoms with E-state index in [1.807, 2.05) is 56.7 Å². The molecule has 0 aliphatic rings. The lowest BCUT2D eigenvalue weighted by Crippen LogP contribution is -2.17. The molecule has 3 rings (SSSR count). The fraction of sp³-hybridized carbons (Fsp3) is 0.316. The molecule has 0 atom stereocenters. The Hall–Kier alpha value is -2.41. The minimum absolute atomic E-state index is 0.167. The molecule has 2 aromatic heterocycles. The van der Waals surface area contributed by atoms with Crippen LogP contribution in [0.5, 0.6) is 0 Å². The molecular weight excluding hydrogens is 396 g/mol. The molecule has 3 aromatic rings. The summed E-state index contributed by atoms with van der Waals surface area (Å²) >= 11 is 3.43. The van der Waals surface area contributed by atoms with Gasteiger partial charge >= 0.3 is 0 Å². The fourth-order valence-electron chi connectivity index (χ4n) is 2.70. The summed E-state index contributed by atoms with van der Waals surface area (Å²) in [5, 5.41) is 7.03. The highest BCUT2D eigenvalue weighted by atomic mass is 79.9. The van der Waals surface area contributed by atoms with E-state index in [1.54, 1.807) is 6.07 Å². The number of nitrogens with one attached hydrogen (secondary N) is 1. The van der Waals surface area contributed by atoms with Gasteiger partial charge in [-0.05, 0) is 47.5 Å². The first-order valence-electron chi connectivity index (χ1n) is 8.51. The van der Waals surface area contributed by atoms with Crippen LogP contribution in [0.1, 0.15) is 48.6 Å². The smallest absolute Gasteiger partial charge is 0.272 e. The lowest BCUT2D eigenvalue weighted by molar-refractivity contribution is 0.101. The standard InChI is InChI=1S/C19H21BrN4O2/c1-5-24-10-13(20)9-15(24)18(25)21-16-12(4)7-6-8-14(16)19-22-17(11(2)3)23-26-19/h6-11H,5H2,1-4H3,(H,21,25). The summed E-state index contributed by atoms with van der Waals surface area (Å²) in [6, 6.07) is 7.52. The normalized spacial score (nSPS) is 11.2. The van der Waals surface area contributed by atoms with Crippen LogP contribution in [0.25, 0.3) is 11.5 Å². The summed E-state index contributed by atoms with van der Waals surface area (Å²) in [4.78, 5) is 17.3. The van der Waals surface area contributed by atoms with Gasteiger partial charge in [0.15, 0.2) is 5.82 Å². The van der Waals surface area contributed by atoms with E-state index in [9.17, 15) is 4.79 Å². The molecule has 1 aromatic carbocycles. The molecule has 6 nitrogen and oxygen atoms in total. The van der Waals surface area contributed by atoms with Gasteiger partial charge in [-0.15, -0.1) is 0 Å². The van der Waals surface area contributed by atoms with E-state index < -0.39 is 0 Å². The molecule has 1 amide bonds. The molecule has 1 N–H and O–H groups in total. The molecule has 0 bridgehead atoms. The van der Waals surface area contributed by atoms with Crippen molar-refractivity contribution in [3.05, 3.63) is 52.0 Å². The van der Waals surface area contributed by atoms with Gasteiger partial charge in [-0.25, -0.2) is 0 Å². The number of benzene rings is 1. The second-order valence-electron chi connectivity index (χ2n) is 6.39. The van der Waals surface area contributed by atoms with Crippen molar-refractivity contribution in [2.75, 3.05) is 5.32 Å². The number of amides is 1. The van der Waals surface area contributed by atoms with Gasteiger partial charge in [0.25, 0.3) is 11.8 Å². The quantitative estimate of drug-likeness (QED) is 0.634. The van der Waals surface area contributed by atoms with Crippen LogP contribution in [0.2, 0.25) is 0 Å². The third kappa shape index (κ3) is 3.58. The Bertz CT molecular complexity index is 943. The van der Waals surface area contributed by atoms with Crippen LogP contribution >= 0.6 is 15.9 Å². The molecule has 0 aliphatic heterocycles. The number of carbonyl (C=O) groups is 1. The number of nitrogens with zero attached hydrogens (tertiary/aromatic N) is 3. The fourth-order valence-corrected chi connectivity index (χ4v) is 3.16. The van der Waals surface area contributed by atoms with Crippen molar-refractivity contribution in [1.82, 2.24) is 14.7 Å². The van der Waals surface area contributed by atoms with E-state index in [-0.39, 0.29) is 11.8 Å². The van der Waals surface area contributed by atoms with Gasteiger partial charge in [0.1, 0.15) is 5.69 Å². The summed E-state index contributed by atoms with van der Waals surface area (Å²) < 4.78 is 8.18. The lowest BCUT2D eigenvalue weighted by atomic mass is 10.1. The first-order chi connectivity index (χ1) is 12.4. The van der Waals surface area contributed by atoms with Gasteiger partial charge < -0.3 is 14.4 Å². The molecule has 0 unspecified atom stereocenters. The van der Waals surface area contributed by atoms with Crippen molar-refractivity contribution in [2.24, 2.45) is 0 Å². The van der Waals surface area contributed by atoms with E-state index in [2.05, 4.69) is 31.4 Å². The molecule has 7 heteroatoms. The average Bonchev–Trinajstić information content (AvgIpc) is 3.23. The number of carbonyl (C=O) groups excluding carboxylic acids is 1. The Morgan fingerprint density at radius 1 is 1.38 bits per heavy atom. The van der Waals surface area contributed by atoms with Gasteiger partial charge in [0.05, 0.1) is 11.3 Å². The van der Waals surface area contributed by atoms with Crippen LogP contribution in [-0.4, -0.2) is 20.6 Å². The van der Waals surface area contributed by atoms with E-state index in [0.29, 0.717) is 35.2 Å². The number of aromatic nitrogens is 3. The second kappa shape index (κ2) is 7.45. The zero-order chi connectivity index (χ0) is 18.8. The number of halogens is 1. The topological polar surface area (TPSA) is 73.0 Å². The molecule has 0 saturated carbocycles. The Morgan fingerprint density at radius 2 is 2.15 bits per heavy atom. The van der Waals surface area contributed by atoms with Crippen molar-refractivity contribution in [3.63, 3.8) is 0 Å². The third-order valence-corrected chi connectivity index (χ3v) is 4.57. The predicted octanol–water partition coefficient (Wildman–Crippen LogP) is 5.00. The average molecular weight is 417 g/mol. The molecule has 136 valence electrons. The monoisotopic (exact) mass is 416 g/mol. The number of para-hydroxylation sites is 1. The second-order valence-corrected chi connectivity index (χ2v) is 7.31. The molecule has 0 saturated heterocycles. The molecule has 0 fully saturated rings. The number of hydrogen-bond acceptors (Lipinski definition) is 4. The molecule has 2 heterocycles. The number of anilines is 1. The van der Waals surface area contributed by atoms with Crippen LogP contribution in [0, 0.1) is 6.92 Å². The Morgan fingerprint density at radius 3 is 2.81 bits per heavy atom. The summed E-state index contributed by atoms with van der Waals surface area (Å²) in [7, 11) is 0. The van der Waals surface area contributed by atoms with Crippen LogP contribution < -0.4 is 5.32 Å². The molecule has 0 spiro atoms. The highest BCUT2D eigenvalue weighted by Crippen LogP contribution is 2.31. The van der Waals surface area contributed by atoms with Gasteiger partial charge in [-0.3, -0.25) is 4.79 Å². The van der Waals surface area contributed by atoms with Crippen molar-refractivity contribution >= 4 is 27.5 Å². The molecule has 26 heavy (non-hydrogen) atoms. The lowest BCUT2D eigenvalue weighted by Gasteiger charge is -2.12. The largest absolute Gasteiger partial charge is 0.343 e. The first-order valence-corrected chi connectivity index (χ1v) is 9.30. The van der Waals surface area contributed by atoms with Crippen LogP contribution in [0.15, 0.2) is 39.5 Å². The maximum absolute atomic E-state index is 12.8. The SMILES string of the molecule is CCn1cc(Br)cc1C(=O)Nc1c(C)cccc1-c1nc(C(C)C)no1. The first kappa shape index (κ1) is 18.4. The minimum Gasteiger partial charge on any atom is -0.343 e. The summed E-state index contributed by atoms with van der Waals surface area (Å²) in [6.07, 6.45) is 1.89. The summed E-state index contributed by atoms with van der Waals surface area (Å²) in [5.74, 6) is 1.03. The van der Waals surface area contributed by atoms with E-state index in [0.717, 1.165) is 10.0 Å². The zero-order valence-corrected chi connectivity index (χ0v) is 16.8. The summed E-state index contributed by atoms with van der Waals surface area (Å²) in [6.45, 7) is 8.65. The van der Waals surface area contributed by atoms with Crippen molar-refractivity contribution in [2.45, 2.75) is 40.2 Å². The van der Waals surface area contributed by atoms with Crippen LogP contribution in [0.4, 0.5) is 5.69 Å². The Balaban J connectivity index is 1.98. The van der Waals surface area contributed by atoms with E-state index in [4.69, 9.17) is 4.52 Å². The third-order valence-electron chi connectivity index (χ3n) is 4.14. The van der Waals surface area contributed by atoms with Crippen molar-refractivity contribution in [3.8, 4) is 11.5 Å². The zero-order valence-electron chi connectivity index (χ0n) is 15.2. The molecule has 0 aliphatic carbocycles. The highest BCUT2D eigenvalue weighted by molar-refractivity contribution is 9.10. The highest BCUT2D eigenvalue weighted by Gasteiger charge is 2.19. The Labute approximate surface area is 160 Å². The van der Waals surface area contributed by atoms with Crippen molar-refractivity contribution in [1.29, 1.82) is 0 Å². The van der Waals surface area contributed by atoms with E-state index in [1.165, 1.54) is 0 Å². The summed E-state index contributed by atoms with van der Waals surface area (Å²) in [5.41, 5.74) is 2.90. The van der Waals surface area contributed by atoms with Gasteiger partial charge in [0.2, 0.25) is 0 Å². The number of rotatable bonds is 5. The van der Waals surface area contributed by atoms with Gasteiger partial charge in [0, 0.05) is 23.1 Å². The van der Waals surface area contributed by atoms with Gasteiger partial charge in [-0.1, -0.05) is 31.1 Å². The maximum Gasteiger partial charge on any atom is 0.272 e. The van der Waals surface area contributed by atoms with Crippen molar-refractivity contribution < 1.29 is 9.32 Å². The molecule has 0 radical (unpaired) electrons. The minimum atomic E-state index is -0.184. The number of hydrogen-bond donors (Lipinski definition) is 1. The van der Waals surface area contributed by atoms with E-state index >= 15 is 0 Å². The predicted molar refractivity (Wildman–Crippen MR) is 104 cm³/mol. The van der Waals surface area contributed by atoms with Crippen LogP contribution in [-0.2, 0) is 6.54 Å². The maximum atomic E-state index is 12.8. The molecular formula is C19H21BrN4O2. The van der Waals surface area contributed by atoms with Crippen LogP contribution in [0.3, 0.4) is 0 Å². The van der Waals surface area contributed by atoms with Gasteiger partial charge in [-0.2, -0.15) is 4.98 Å².